The molecule has 3 heteroatoms. The summed E-state index contributed by atoms with van der Waals surface area (Å²) in [4.78, 5) is 0. The van der Waals surface area contributed by atoms with E-state index in [1.54, 1.807) is 0 Å². The largest absolute Gasteiger partial charge is 0.417 e. The molecule has 0 radical (unpaired) electrons. The van der Waals surface area contributed by atoms with Gasteiger partial charge in [-0.3, -0.25) is 0 Å². The lowest BCUT2D eigenvalue weighted by Crippen LogP contribution is -2.41. The summed E-state index contributed by atoms with van der Waals surface area (Å²) in [6.07, 6.45) is 3.62. The van der Waals surface area contributed by atoms with Crippen molar-refractivity contribution in [1.82, 2.24) is 0 Å². The van der Waals surface area contributed by atoms with Crippen LogP contribution in [0.2, 0.25) is 19.1 Å². The molecule has 0 fully saturated rings. The Morgan fingerprint density at radius 3 is 1.81 bits per heavy atom. The average Bonchev–Trinajstić information content (AvgIpc) is 2.32. The standard InChI is InChI=1S/C18H40O2Si/c1-9-11-21(7,8)20-15-18(12-16(3)4,13-17(5)6)14-19-10-2/h16-17H,9-15H2,1-8H3. The zero-order valence-electron chi connectivity index (χ0n) is 15.9. The zero-order valence-corrected chi connectivity index (χ0v) is 16.9. The molecule has 0 spiro atoms. The van der Waals surface area contributed by atoms with Crippen molar-refractivity contribution in [2.75, 3.05) is 19.8 Å². The second-order valence-corrected chi connectivity index (χ2v) is 12.4. The van der Waals surface area contributed by atoms with Crippen LogP contribution in [0.3, 0.4) is 0 Å². The predicted molar refractivity (Wildman–Crippen MR) is 96.4 cm³/mol. The monoisotopic (exact) mass is 316 g/mol. The summed E-state index contributed by atoms with van der Waals surface area (Å²) < 4.78 is 12.4. The van der Waals surface area contributed by atoms with Gasteiger partial charge < -0.3 is 9.16 Å². The van der Waals surface area contributed by atoms with E-state index in [2.05, 4.69) is 54.6 Å². The van der Waals surface area contributed by atoms with Gasteiger partial charge >= 0.3 is 0 Å². The zero-order chi connectivity index (χ0) is 16.5. The van der Waals surface area contributed by atoms with E-state index in [9.17, 15) is 0 Å². The lowest BCUT2D eigenvalue weighted by atomic mass is 9.75. The van der Waals surface area contributed by atoms with Gasteiger partial charge in [-0.15, -0.1) is 0 Å². The molecule has 21 heavy (non-hydrogen) atoms. The SMILES string of the molecule is CCC[Si](C)(C)OCC(COCC)(CC(C)C)CC(C)C. The Labute approximate surface area is 135 Å². The van der Waals surface area contributed by atoms with Crippen molar-refractivity contribution in [1.29, 1.82) is 0 Å². The average molecular weight is 317 g/mol. The first kappa shape index (κ1) is 21.1. The molecule has 0 saturated carbocycles. The fourth-order valence-corrected chi connectivity index (χ4v) is 5.48. The molecule has 0 rings (SSSR count). The second-order valence-electron chi connectivity index (χ2n) is 8.13. The van der Waals surface area contributed by atoms with Crippen molar-refractivity contribution in [3.8, 4) is 0 Å². The summed E-state index contributed by atoms with van der Waals surface area (Å²) in [6.45, 7) is 20.8. The third-order valence-corrected chi connectivity index (χ3v) is 6.55. The van der Waals surface area contributed by atoms with Crippen LogP contribution in [0.25, 0.3) is 0 Å². The molecule has 0 aromatic carbocycles. The van der Waals surface area contributed by atoms with Crippen LogP contribution in [0.1, 0.15) is 60.8 Å². The first-order chi connectivity index (χ1) is 9.66. The highest BCUT2D eigenvalue weighted by Gasteiger charge is 2.35. The van der Waals surface area contributed by atoms with Gasteiger partial charge in [0.25, 0.3) is 0 Å². The molecular weight excluding hydrogens is 276 g/mol. The fraction of sp³-hybridized carbons (Fsp3) is 1.00. The number of hydrogen-bond donors (Lipinski definition) is 0. The van der Waals surface area contributed by atoms with Crippen LogP contribution in [0.15, 0.2) is 0 Å². The van der Waals surface area contributed by atoms with Gasteiger partial charge in [0.15, 0.2) is 8.32 Å². The van der Waals surface area contributed by atoms with Crippen molar-refractivity contribution < 1.29 is 9.16 Å². The summed E-state index contributed by atoms with van der Waals surface area (Å²) in [6, 6.07) is 1.25. The molecule has 0 bridgehead atoms. The van der Waals surface area contributed by atoms with E-state index in [4.69, 9.17) is 9.16 Å². The van der Waals surface area contributed by atoms with Gasteiger partial charge in [0.2, 0.25) is 0 Å². The maximum Gasteiger partial charge on any atom is 0.186 e. The second kappa shape index (κ2) is 10.0. The molecule has 2 nitrogen and oxygen atoms in total. The highest BCUT2D eigenvalue weighted by Crippen LogP contribution is 2.36. The molecule has 0 aromatic rings. The maximum atomic E-state index is 6.49. The third-order valence-electron chi connectivity index (χ3n) is 3.92. The van der Waals surface area contributed by atoms with Gasteiger partial charge in [0, 0.05) is 18.6 Å². The van der Waals surface area contributed by atoms with Crippen molar-refractivity contribution >= 4 is 8.32 Å². The summed E-state index contributed by atoms with van der Waals surface area (Å²) in [7, 11) is -1.51. The molecule has 128 valence electrons. The van der Waals surface area contributed by atoms with Gasteiger partial charge in [-0.2, -0.15) is 0 Å². The van der Waals surface area contributed by atoms with Gasteiger partial charge in [-0.25, -0.2) is 0 Å². The Morgan fingerprint density at radius 1 is 0.905 bits per heavy atom. The normalized spacial score (nSPS) is 13.4. The summed E-state index contributed by atoms with van der Waals surface area (Å²) in [5.41, 5.74) is 0.191. The van der Waals surface area contributed by atoms with E-state index < -0.39 is 8.32 Å². The minimum atomic E-state index is -1.51. The topological polar surface area (TPSA) is 18.5 Å². The highest BCUT2D eigenvalue weighted by atomic mass is 28.4. The van der Waals surface area contributed by atoms with Crippen LogP contribution >= 0.6 is 0 Å². The van der Waals surface area contributed by atoms with E-state index in [0.29, 0.717) is 11.8 Å². The van der Waals surface area contributed by atoms with Crippen LogP contribution in [-0.2, 0) is 9.16 Å². The van der Waals surface area contributed by atoms with Gasteiger partial charge in [-0.1, -0.05) is 41.0 Å². The van der Waals surface area contributed by atoms with E-state index in [0.717, 1.165) is 19.8 Å². The third kappa shape index (κ3) is 9.70. The van der Waals surface area contributed by atoms with E-state index in [1.807, 2.05) is 0 Å². The minimum absolute atomic E-state index is 0.191. The Bertz CT molecular complexity index is 252. The van der Waals surface area contributed by atoms with Crippen LogP contribution < -0.4 is 0 Å². The molecule has 0 saturated heterocycles. The van der Waals surface area contributed by atoms with Crippen LogP contribution in [0.4, 0.5) is 0 Å². The van der Waals surface area contributed by atoms with Crippen LogP contribution in [0, 0.1) is 17.3 Å². The lowest BCUT2D eigenvalue weighted by molar-refractivity contribution is -0.0103. The number of ether oxygens (including phenoxy) is 1. The molecule has 0 unspecified atom stereocenters. The van der Waals surface area contributed by atoms with Gasteiger partial charge in [0.1, 0.15) is 0 Å². The van der Waals surface area contributed by atoms with E-state index in [1.165, 1.54) is 25.3 Å². The number of hydrogen-bond acceptors (Lipinski definition) is 2. The molecule has 0 N–H and O–H groups in total. The predicted octanol–water partition coefficient (Wildman–Crippen LogP) is 5.73. The Kier molecular flexibility index (Phi) is 10.1. The van der Waals surface area contributed by atoms with E-state index >= 15 is 0 Å². The maximum absolute atomic E-state index is 6.49. The lowest BCUT2D eigenvalue weighted by Gasteiger charge is -2.39. The van der Waals surface area contributed by atoms with Crippen molar-refractivity contribution in [2.45, 2.75) is 79.9 Å². The molecule has 0 amide bonds. The first-order valence-corrected chi connectivity index (χ1v) is 12.0. The van der Waals surface area contributed by atoms with Crippen LogP contribution in [0.5, 0.6) is 0 Å². The smallest absolute Gasteiger partial charge is 0.186 e. The quantitative estimate of drug-likeness (QED) is 0.428. The summed E-state index contributed by atoms with van der Waals surface area (Å²) >= 11 is 0. The molecule has 0 aliphatic carbocycles. The Morgan fingerprint density at radius 2 is 1.43 bits per heavy atom. The molecule has 0 atom stereocenters. The first-order valence-electron chi connectivity index (χ1n) is 8.88. The minimum Gasteiger partial charge on any atom is -0.417 e. The molecular formula is C18H40O2Si. The summed E-state index contributed by atoms with van der Waals surface area (Å²) in [5, 5.41) is 0. The van der Waals surface area contributed by atoms with Gasteiger partial charge in [-0.05, 0) is 50.7 Å². The van der Waals surface area contributed by atoms with Crippen molar-refractivity contribution in [2.24, 2.45) is 17.3 Å². The summed E-state index contributed by atoms with van der Waals surface area (Å²) in [5.74, 6) is 1.37. The van der Waals surface area contributed by atoms with E-state index in [-0.39, 0.29) is 5.41 Å². The Hall–Kier alpha value is 0.137. The van der Waals surface area contributed by atoms with Gasteiger partial charge in [0.05, 0.1) is 6.61 Å². The molecule has 0 heterocycles. The highest BCUT2D eigenvalue weighted by molar-refractivity contribution is 6.71. The molecule has 0 aliphatic rings. The van der Waals surface area contributed by atoms with Crippen LogP contribution in [-0.4, -0.2) is 28.1 Å². The van der Waals surface area contributed by atoms with Crippen molar-refractivity contribution in [3.05, 3.63) is 0 Å². The fourth-order valence-electron chi connectivity index (χ4n) is 3.43. The number of rotatable bonds is 12. The Balaban J connectivity index is 4.95. The molecule has 0 aromatic heterocycles. The van der Waals surface area contributed by atoms with Crippen molar-refractivity contribution in [3.63, 3.8) is 0 Å². The molecule has 0 aliphatic heterocycles.